The molecule has 19 heavy (non-hydrogen) atoms. The van der Waals surface area contributed by atoms with Crippen molar-refractivity contribution in [2.75, 3.05) is 0 Å². The number of aryl methyl sites for hydroxylation is 1. The van der Waals surface area contributed by atoms with Crippen LogP contribution in [-0.4, -0.2) is 11.2 Å². The summed E-state index contributed by atoms with van der Waals surface area (Å²) in [6, 6.07) is 10.8. The van der Waals surface area contributed by atoms with E-state index in [1.54, 1.807) is 12.1 Å². The lowest BCUT2D eigenvalue weighted by Gasteiger charge is -2.35. The Morgan fingerprint density at radius 1 is 1.11 bits per heavy atom. The van der Waals surface area contributed by atoms with E-state index < -0.39 is 11.2 Å². The molecule has 2 aromatic rings. The quantitative estimate of drug-likeness (QED) is 0.640. The second kappa shape index (κ2) is 4.04. The van der Waals surface area contributed by atoms with Crippen LogP contribution in [0.5, 0.6) is 5.75 Å². The first-order valence-electron chi connectivity index (χ1n) is 5.86. The summed E-state index contributed by atoms with van der Waals surface area (Å²) in [4.78, 5) is 0. The molecule has 3 rings (SSSR count). The Labute approximate surface area is 112 Å². The van der Waals surface area contributed by atoms with Crippen molar-refractivity contribution in [1.82, 2.24) is 0 Å². The molecule has 1 nitrogen and oxygen atoms in total. The van der Waals surface area contributed by atoms with Gasteiger partial charge in [0.1, 0.15) is 5.75 Å². The first-order chi connectivity index (χ1) is 8.91. The second-order valence-electron chi connectivity index (χ2n) is 4.59. The minimum Gasteiger partial charge on any atom is -0.462 e. The minimum atomic E-state index is -4.59. The van der Waals surface area contributed by atoms with Gasteiger partial charge in [-0.2, -0.15) is 13.2 Å². The van der Waals surface area contributed by atoms with Gasteiger partial charge >= 0.3 is 6.18 Å². The van der Waals surface area contributed by atoms with Crippen LogP contribution in [0.3, 0.4) is 0 Å². The zero-order chi connectivity index (χ0) is 13.7. The highest BCUT2D eigenvalue weighted by Gasteiger charge is 2.57. The van der Waals surface area contributed by atoms with Gasteiger partial charge in [-0.1, -0.05) is 41.9 Å². The molecule has 0 saturated heterocycles. The molecular formula is C14H10ClF3O. The lowest BCUT2D eigenvalue weighted by atomic mass is 9.95. The molecule has 0 saturated carbocycles. The van der Waals surface area contributed by atoms with Crippen molar-refractivity contribution in [3.05, 3.63) is 42.0 Å². The Morgan fingerprint density at radius 2 is 1.84 bits per heavy atom. The number of halogens is 4. The number of benzene rings is 2. The smallest absolute Gasteiger partial charge is 0.443 e. The fraction of sp³-hybridized carbons (Fsp3) is 0.286. The zero-order valence-corrected chi connectivity index (χ0v) is 10.6. The summed E-state index contributed by atoms with van der Waals surface area (Å²) in [5, 5.41) is -0.706. The van der Waals surface area contributed by atoms with Crippen molar-refractivity contribution < 1.29 is 17.9 Å². The fourth-order valence-corrected chi connectivity index (χ4v) is 2.56. The molecule has 0 aromatic heterocycles. The van der Waals surface area contributed by atoms with Crippen molar-refractivity contribution in [3.8, 4) is 5.75 Å². The van der Waals surface area contributed by atoms with E-state index in [0.717, 1.165) is 16.3 Å². The highest BCUT2D eigenvalue weighted by molar-refractivity contribution is 6.23. The van der Waals surface area contributed by atoms with Gasteiger partial charge < -0.3 is 4.74 Å². The summed E-state index contributed by atoms with van der Waals surface area (Å²) in [5.74, 6) is 0.220. The minimum absolute atomic E-state index is 0.220. The predicted octanol–water partition coefficient (Wildman–Crippen LogP) is 4.66. The van der Waals surface area contributed by atoms with Gasteiger partial charge in [-0.25, -0.2) is 0 Å². The molecule has 0 N–H and O–H groups in total. The molecule has 1 aliphatic heterocycles. The highest BCUT2D eigenvalue weighted by Crippen LogP contribution is 2.47. The van der Waals surface area contributed by atoms with E-state index in [2.05, 4.69) is 0 Å². The monoisotopic (exact) mass is 286 g/mol. The third kappa shape index (κ3) is 1.94. The lowest BCUT2D eigenvalue weighted by molar-refractivity contribution is -0.218. The summed E-state index contributed by atoms with van der Waals surface area (Å²) in [6.45, 7) is 0. The van der Waals surface area contributed by atoms with Crippen LogP contribution in [0.2, 0.25) is 0 Å². The van der Waals surface area contributed by atoms with Gasteiger partial charge in [0.15, 0.2) is 0 Å². The number of hydrogen-bond donors (Lipinski definition) is 0. The molecule has 1 heterocycles. The SMILES string of the molecule is FC(F)(F)C1(Cl)CCc2c(ccc3ccccc23)O1. The molecule has 1 atom stereocenters. The van der Waals surface area contributed by atoms with Crippen LogP contribution in [0.1, 0.15) is 12.0 Å². The van der Waals surface area contributed by atoms with Crippen molar-refractivity contribution in [2.24, 2.45) is 0 Å². The maximum absolute atomic E-state index is 12.9. The molecule has 5 heteroatoms. The number of alkyl halides is 4. The van der Waals surface area contributed by atoms with E-state index in [1.807, 2.05) is 24.3 Å². The van der Waals surface area contributed by atoms with Gasteiger partial charge in [0.05, 0.1) is 0 Å². The van der Waals surface area contributed by atoms with Crippen LogP contribution in [0.15, 0.2) is 36.4 Å². The van der Waals surface area contributed by atoms with Gasteiger partial charge in [0.2, 0.25) is 0 Å². The molecule has 1 aliphatic rings. The number of rotatable bonds is 0. The third-order valence-corrected chi connectivity index (χ3v) is 3.87. The molecule has 100 valence electrons. The Kier molecular flexibility index (Phi) is 2.68. The van der Waals surface area contributed by atoms with E-state index in [-0.39, 0.29) is 18.6 Å². The van der Waals surface area contributed by atoms with Crippen LogP contribution < -0.4 is 4.74 Å². The molecule has 2 aromatic carbocycles. The Hall–Kier alpha value is -1.42. The molecule has 1 unspecified atom stereocenters. The van der Waals surface area contributed by atoms with Crippen molar-refractivity contribution in [2.45, 2.75) is 24.1 Å². The van der Waals surface area contributed by atoms with Gasteiger partial charge in [-0.05, 0) is 23.3 Å². The average Bonchev–Trinajstić information content (AvgIpc) is 2.37. The van der Waals surface area contributed by atoms with E-state index in [4.69, 9.17) is 16.3 Å². The van der Waals surface area contributed by atoms with Crippen molar-refractivity contribution in [1.29, 1.82) is 0 Å². The van der Waals surface area contributed by atoms with Gasteiger partial charge in [-0.15, -0.1) is 0 Å². The van der Waals surface area contributed by atoms with Crippen LogP contribution >= 0.6 is 11.6 Å². The first kappa shape index (κ1) is 12.6. The van der Waals surface area contributed by atoms with E-state index >= 15 is 0 Å². The Bertz CT molecular complexity index is 638. The maximum atomic E-state index is 12.9. The molecule has 0 bridgehead atoms. The summed E-state index contributed by atoms with van der Waals surface area (Å²) in [6.07, 6.45) is -4.61. The van der Waals surface area contributed by atoms with Crippen LogP contribution in [0.4, 0.5) is 13.2 Å². The third-order valence-electron chi connectivity index (χ3n) is 3.39. The van der Waals surface area contributed by atoms with E-state index in [9.17, 15) is 13.2 Å². The summed E-state index contributed by atoms with van der Waals surface area (Å²) in [5.41, 5.74) is 0.790. The highest BCUT2D eigenvalue weighted by atomic mass is 35.5. The topological polar surface area (TPSA) is 9.23 Å². The standard InChI is InChI=1S/C14H10ClF3O/c15-13(14(16,17)18)8-7-11-10-4-2-1-3-9(10)5-6-12(11)19-13/h1-6H,7-8H2. The Morgan fingerprint density at radius 3 is 2.58 bits per heavy atom. The number of fused-ring (bicyclic) bond motifs is 3. The average molecular weight is 287 g/mol. The predicted molar refractivity (Wildman–Crippen MR) is 67.5 cm³/mol. The molecule has 0 fully saturated rings. The number of hydrogen-bond acceptors (Lipinski definition) is 1. The second-order valence-corrected chi connectivity index (χ2v) is 5.20. The van der Waals surface area contributed by atoms with Gasteiger partial charge in [-0.3, -0.25) is 0 Å². The van der Waals surface area contributed by atoms with Crippen molar-refractivity contribution in [3.63, 3.8) is 0 Å². The van der Waals surface area contributed by atoms with Gasteiger partial charge in [0, 0.05) is 12.0 Å². The summed E-state index contributed by atoms with van der Waals surface area (Å²) in [7, 11) is 0. The molecule has 0 amide bonds. The fourth-order valence-electron chi connectivity index (χ4n) is 2.38. The Balaban J connectivity index is 2.11. The molecule has 0 spiro atoms. The molecular weight excluding hydrogens is 277 g/mol. The van der Waals surface area contributed by atoms with Crippen LogP contribution in [-0.2, 0) is 6.42 Å². The largest absolute Gasteiger partial charge is 0.462 e. The van der Waals surface area contributed by atoms with E-state index in [0.29, 0.717) is 0 Å². The zero-order valence-electron chi connectivity index (χ0n) is 9.80. The normalized spacial score (nSPS) is 22.9. The van der Waals surface area contributed by atoms with Crippen LogP contribution in [0, 0.1) is 0 Å². The molecule has 0 radical (unpaired) electrons. The van der Waals surface area contributed by atoms with Gasteiger partial charge in [0.25, 0.3) is 5.06 Å². The summed E-state index contributed by atoms with van der Waals surface area (Å²) < 4.78 is 43.7. The van der Waals surface area contributed by atoms with Crippen LogP contribution in [0.25, 0.3) is 10.8 Å². The first-order valence-corrected chi connectivity index (χ1v) is 6.24. The lowest BCUT2D eigenvalue weighted by Crippen LogP contribution is -2.47. The maximum Gasteiger partial charge on any atom is 0.443 e. The summed E-state index contributed by atoms with van der Waals surface area (Å²) >= 11 is 5.58. The van der Waals surface area contributed by atoms with E-state index in [1.165, 1.54) is 0 Å². The molecule has 0 aliphatic carbocycles. The number of ether oxygens (including phenoxy) is 1. The van der Waals surface area contributed by atoms with Crippen molar-refractivity contribution >= 4 is 22.4 Å².